The molecule has 0 spiro atoms. The van der Waals surface area contributed by atoms with Crippen LogP contribution in [-0.2, 0) is 13.0 Å². The third kappa shape index (κ3) is 5.69. The van der Waals surface area contributed by atoms with Gasteiger partial charge in [-0.25, -0.2) is 4.79 Å². The molecule has 2 amide bonds. The van der Waals surface area contributed by atoms with Gasteiger partial charge in [0.1, 0.15) is 0 Å². The van der Waals surface area contributed by atoms with Crippen LogP contribution in [0.1, 0.15) is 22.7 Å². The van der Waals surface area contributed by atoms with E-state index in [0.717, 1.165) is 25.2 Å². The van der Waals surface area contributed by atoms with Crippen molar-refractivity contribution in [1.82, 2.24) is 10.2 Å². The van der Waals surface area contributed by atoms with Gasteiger partial charge in [-0.1, -0.05) is 42.5 Å². The molecule has 7 heteroatoms. The molecule has 1 aliphatic rings. The number of urea groups is 1. The Morgan fingerprint density at radius 3 is 2.40 bits per heavy atom. The van der Waals surface area contributed by atoms with E-state index >= 15 is 0 Å². The number of amides is 2. The number of hydrogen-bond donors (Lipinski definition) is 2. The lowest BCUT2D eigenvalue weighted by Crippen LogP contribution is -2.41. The topological polar surface area (TPSA) is 66.1 Å². The summed E-state index contributed by atoms with van der Waals surface area (Å²) in [6.07, 6.45) is 0.996. The number of fused-ring (bicyclic) bond motifs is 1. The molecule has 0 fully saturated rings. The lowest BCUT2D eigenvalue weighted by atomic mass is 9.96. The van der Waals surface area contributed by atoms with E-state index in [-0.39, 0.29) is 12.1 Å². The maximum Gasteiger partial charge on any atom is 0.319 e. The second-order valence-corrected chi connectivity index (χ2v) is 8.87. The molecule has 1 atom stereocenters. The van der Waals surface area contributed by atoms with Gasteiger partial charge in [0, 0.05) is 39.4 Å². The standard InChI is InChI=1S/C28H34N4O3/c1-31(2)23-14-12-21(13-15-23)25(32-17-16-20-8-5-6-9-22(20)19-32)18-29-28(33)30-24-10-7-11-26(34-3)27(24)35-4/h5-15,25H,16-19H2,1-4H3,(H2,29,30,33). The number of methoxy groups -OCH3 is 2. The van der Waals surface area contributed by atoms with Crippen molar-refractivity contribution in [2.45, 2.75) is 19.0 Å². The van der Waals surface area contributed by atoms with Gasteiger partial charge < -0.3 is 25.0 Å². The average Bonchev–Trinajstić information content (AvgIpc) is 2.88. The van der Waals surface area contributed by atoms with Crippen LogP contribution in [-0.4, -0.2) is 52.3 Å². The van der Waals surface area contributed by atoms with Crippen LogP contribution < -0.4 is 25.0 Å². The molecule has 7 nitrogen and oxygen atoms in total. The number of carbonyl (C=O) groups excluding carboxylic acids is 1. The zero-order valence-corrected chi connectivity index (χ0v) is 20.9. The third-order valence-corrected chi connectivity index (χ3v) is 6.50. The second-order valence-electron chi connectivity index (χ2n) is 8.87. The van der Waals surface area contributed by atoms with Crippen molar-refractivity contribution < 1.29 is 14.3 Å². The zero-order valence-electron chi connectivity index (χ0n) is 20.9. The summed E-state index contributed by atoms with van der Waals surface area (Å²) in [6, 6.07) is 22.3. The number of nitrogens with zero attached hydrogens (tertiary/aromatic N) is 2. The summed E-state index contributed by atoms with van der Waals surface area (Å²) < 4.78 is 10.8. The zero-order chi connectivity index (χ0) is 24.8. The molecule has 0 bridgehead atoms. The number of anilines is 2. The predicted octanol–water partition coefficient (Wildman–Crippen LogP) is 4.69. The summed E-state index contributed by atoms with van der Waals surface area (Å²) in [5.74, 6) is 1.06. The molecule has 1 aliphatic heterocycles. The Bertz CT molecular complexity index is 1150. The highest BCUT2D eigenvalue weighted by molar-refractivity contribution is 5.91. The van der Waals surface area contributed by atoms with Crippen LogP contribution in [0, 0.1) is 0 Å². The fraction of sp³-hybridized carbons (Fsp3) is 0.321. The van der Waals surface area contributed by atoms with Crippen LogP contribution >= 0.6 is 0 Å². The smallest absolute Gasteiger partial charge is 0.319 e. The maximum atomic E-state index is 12.9. The minimum atomic E-state index is -0.288. The molecule has 0 aromatic heterocycles. The van der Waals surface area contributed by atoms with Crippen molar-refractivity contribution >= 4 is 17.4 Å². The van der Waals surface area contributed by atoms with E-state index < -0.39 is 0 Å². The molecule has 1 unspecified atom stereocenters. The number of ether oxygens (including phenoxy) is 2. The molecule has 0 radical (unpaired) electrons. The number of para-hydroxylation sites is 1. The van der Waals surface area contributed by atoms with Gasteiger partial charge in [0.05, 0.1) is 25.9 Å². The van der Waals surface area contributed by atoms with E-state index in [4.69, 9.17) is 9.47 Å². The van der Waals surface area contributed by atoms with Crippen molar-refractivity contribution in [1.29, 1.82) is 0 Å². The molecule has 3 aromatic carbocycles. The van der Waals surface area contributed by atoms with Gasteiger partial charge in [0.2, 0.25) is 0 Å². The minimum Gasteiger partial charge on any atom is -0.493 e. The van der Waals surface area contributed by atoms with E-state index in [1.54, 1.807) is 26.4 Å². The molecule has 35 heavy (non-hydrogen) atoms. The lowest BCUT2D eigenvalue weighted by molar-refractivity contribution is 0.175. The van der Waals surface area contributed by atoms with Crippen LogP contribution in [0.15, 0.2) is 66.7 Å². The van der Waals surface area contributed by atoms with Gasteiger partial charge in [-0.15, -0.1) is 0 Å². The quantitative estimate of drug-likeness (QED) is 0.496. The first-order valence-electron chi connectivity index (χ1n) is 11.8. The van der Waals surface area contributed by atoms with Gasteiger partial charge >= 0.3 is 6.03 Å². The van der Waals surface area contributed by atoms with Crippen LogP contribution in [0.5, 0.6) is 11.5 Å². The molecule has 2 N–H and O–H groups in total. The van der Waals surface area contributed by atoms with E-state index in [1.165, 1.54) is 16.7 Å². The van der Waals surface area contributed by atoms with Crippen molar-refractivity contribution in [3.05, 3.63) is 83.4 Å². The number of carbonyl (C=O) groups is 1. The Hall–Kier alpha value is -3.71. The number of benzene rings is 3. The summed E-state index contributed by atoms with van der Waals surface area (Å²) in [5, 5.41) is 5.98. The fourth-order valence-electron chi connectivity index (χ4n) is 4.58. The van der Waals surface area contributed by atoms with Crippen LogP contribution in [0.4, 0.5) is 16.2 Å². The number of hydrogen-bond acceptors (Lipinski definition) is 5. The molecule has 0 saturated carbocycles. The summed E-state index contributed by atoms with van der Waals surface area (Å²) in [7, 11) is 7.20. The highest BCUT2D eigenvalue weighted by Gasteiger charge is 2.25. The van der Waals surface area contributed by atoms with Crippen molar-refractivity contribution in [2.75, 3.05) is 51.6 Å². The second kappa shape index (κ2) is 11.1. The molecule has 0 aliphatic carbocycles. The molecular formula is C28H34N4O3. The fourth-order valence-corrected chi connectivity index (χ4v) is 4.58. The number of nitrogens with one attached hydrogen (secondary N) is 2. The summed E-state index contributed by atoms with van der Waals surface area (Å²) in [5.41, 5.74) is 5.63. The van der Waals surface area contributed by atoms with Gasteiger partial charge in [0.25, 0.3) is 0 Å². The Morgan fingerprint density at radius 1 is 0.971 bits per heavy atom. The Kier molecular flexibility index (Phi) is 7.77. The van der Waals surface area contributed by atoms with E-state index in [0.29, 0.717) is 23.7 Å². The van der Waals surface area contributed by atoms with Crippen molar-refractivity contribution in [2.24, 2.45) is 0 Å². The number of rotatable bonds is 8. The molecular weight excluding hydrogens is 440 g/mol. The third-order valence-electron chi connectivity index (χ3n) is 6.50. The highest BCUT2D eigenvalue weighted by atomic mass is 16.5. The van der Waals surface area contributed by atoms with E-state index in [9.17, 15) is 4.79 Å². The van der Waals surface area contributed by atoms with Crippen molar-refractivity contribution in [3.63, 3.8) is 0 Å². The molecule has 0 saturated heterocycles. The summed E-state index contributed by atoms with van der Waals surface area (Å²) in [6.45, 7) is 2.26. The largest absolute Gasteiger partial charge is 0.493 e. The van der Waals surface area contributed by atoms with Gasteiger partial charge in [-0.3, -0.25) is 4.90 Å². The highest BCUT2D eigenvalue weighted by Crippen LogP contribution is 2.34. The lowest BCUT2D eigenvalue weighted by Gasteiger charge is -2.36. The van der Waals surface area contributed by atoms with Crippen molar-refractivity contribution in [3.8, 4) is 11.5 Å². The van der Waals surface area contributed by atoms with Gasteiger partial charge in [0.15, 0.2) is 11.5 Å². The van der Waals surface area contributed by atoms with E-state index in [1.807, 2.05) is 20.2 Å². The van der Waals surface area contributed by atoms with E-state index in [2.05, 4.69) is 69.0 Å². The Morgan fingerprint density at radius 2 is 1.71 bits per heavy atom. The van der Waals surface area contributed by atoms with Gasteiger partial charge in [-0.05, 0) is 47.4 Å². The predicted molar refractivity (Wildman–Crippen MR) is 141 cm³/mol. The molecule has 3 aromatic rings. The Labute approximate surface area is 207 Å². The van der Waals surface area contributed by atoms with Gasteiger partial charge in [-0.2, -0.15) is 0 Å². The normalized spacial score (nSPS) is 13.9. The molecule has 4 rings (SSSR count). The summed E-state index contributed by atoms with van der Waals surface area (Å²) >= 11 is 0. The van der Waals surface area contributed by atoms with Crippen LogP contribution in [0.25, 0.3) is 0 Å². The molecule has 184 valence electrons. The summed E-state index contributed by atoms with van der Waals surface area (Å²) in [4.78, 5) is 17.4. The maximum absolute atomic E-state index is 12.9. The van der Waals surface area contributed by atoms with Crippen LogP contribution in [0.3, 0.4) is 0 Å². The monoisotopic (exact) mass is 474 g/mol. The average molecular weight is 475 g/mol. The first-order valence-corrected chi connectivity index (χ1v) is 11.8. The first-order chi connectivity index (χ1) is 17.0. The SMILES string of the molecule is COc1cccc(NC(=O)NCC(c2ccc(N(C)C)cc2)N2CCc3ccccc3C2)c1OC. The minimum absolute atomic E-state index is 0.0394. The molecule has 1 heterocycles. The van der Waals surface area contributed by atoms with Crippen LogP contribution in [0.2, 0.25) is 0 Å². The Balaban J connectivity index is 1.51. The first kappa shape index (κ1) is 24.4.